The Labute approximate surface area is 416 Å². The number of nitrogens with zero attached hydrogens (tertiary/aromatic N) is 10. The molecule has 8 bridgehead atoms. The predicted molar refractivity (Wildman–Crippen MR) is 288 cm³/mol. The molecule has 0 unspecified atom stereocenters. The quantitative estimate of drug-likeness (QED) is 0.160. The molecule has 9 rings (SSSR count). The number of thioether (sulfide) groups is 4. The Morgan fingerprint density at radius 3 is 0.838 bits per heavy atom. The number of nitrogens with one attached hydrogen (secondary N) is 2. The van der Waals surface area contributed by atoms with Gasteiger partial charge in [-0.3, -0.25) is 0 Å². The third-order valence-electron chi connectivity index (χ3n) is 11.8. The van der Waals surface area contributed by atoms with Crippen LogP contribution in [0.3, 0.4) is 0 Å². The van der Waals surface area contributed by atoms with E-state index in [9.17, 15) is 0 Å². The van der Waals surface area contributed by atoms with Crippen LogP contribution in [0.15, 0.2) is 20.1 Å². The Balaban J connectivity index is 1.59. The lowest BCUT2D eigenvalue weighted by atomic mass is 10.0. The van der Waals surface area contributed by atoms with Crippen molar-refractivity contribution in [1.29, 1.82) is 0 Å². The van der Waals surface area contributed by atoms with E-state index in [2.05, 4.69) is 148 Å². The largest absolute Gasteiger partial charge is 0.324 e. The van der Waals surface area contributed by atoms with Crippen molar-refractivity contribution >= 4 is 91.2 Å². The summed E-state index contributed by atoms with van der Waals surface area (Å²) in [6.07, 6.45) is 0. The van der Waals surface area contributed by atoms with Crippen LogP contribution in [0.5, 0.6) is 0 Å². The lowest BCUT2D eigenvalue weighted by molar-refractivity contribution is 0.798. The van der Waals surface area contributed by atoms with Gasteiger partial charge in [-0.15, -0.1) is 0 Å². The highest BCUT2D eigenvalue weighted by Gasteiger charge is 2.34. The van der Waals surface area contributed by atoms with Crippen LogP contribution in [-0.2, 0) is 0 Å². The summed E-state index contributed by atoms with van der Waals surface area (Å²) in [5, 5.41) is 7.08. The number of aromatic amines is 2. The van der Waals surface area contributed by atoms with Gasteiger partial charge in [-0.1, -0.05) is 130 Å². The van der Waals surface area contributed by atoms with E-state index in [-0.39, 0.29) is 19.0 Å². The highest BCUT2D eigenvalue weighted by Crippen LogP contribution is 2.49. The number of hydrogen-bond donors (Lipinski definition) is 2. The number of fused-ring (bicyclic) bond motifs is 20. The summed E-state index contributed by atoms with van der Waals surface area (Å²) in [5.41, 5.74) is 13.7. The number of aromatic nitrogens is 12. The molecule has 16 heteroatoms. The molecule has 0 saturated carbocycles. The number of H-pyrrole nitrogens is 2. The van der Waals surface area contributed by atoms with Gasteiger partial charge in [0.2, 0.25) is 0 Å². The first-order valence-electron chi connectivity index (χ1n) is 23.1. The van der Waals surface area contributed by atoms with E-state index in [1.165, 1.54) is 0 Å². The van der Waals surface area contributed by atoms with Gasteiger partial charge in [-0.05, 0) is 77.6 Å². The summed E-state index contributed by atoms with van der Waals surface area (Å²) >= 11 is 6.86. The molecule has 7 aromatic heterocycles. The van der Waals surface area contributed by atoms with E-state index < -0.39 is 0 Å². The lowest BCUT2D eigenvalue weighted by Gasteiger charge is -2.20. The summed E-state index contributed by atoms with van der Waals surface area (Å²) < 4.78 is -0.645. The first kappa shape index (κ1) is 48.4. The monoisotopic (exact) mass is 982 g/mol. The van der Waals surface area contributed by atoms with Gasteiger partial charge in [-0.2, -0.15) is 0 Å². The Bertz CT molecular complexity index is 3260. The zero-order chi connectivity index (χ0) is 49.5. The van der Waals surface area contributed by atoms with Crippen LogP contribution < -0.4 is 0 Å². The number of aryl methyl sites for hydroxylation is 6. The number of pyridine rings is 4. The average molecular weight is 983 g/mol. The first-order chi connectivity index (χ1) is 31.5. The minimum atomic E-state index is -0.163. The molecule has 0 radical (unpaired) electrons. The van der Waals surface area contributed by atoms with E-state index in [1.54, 1.807) is 47.0 Å². The van der Waals surface area contributed by atoms with Crippen LogP contribution in [-0.4, -0.2) is 78.8 Å². The van der Waals surface area contributed by atoms with Crippen LogP contribution in [0.2, 0.25) is 0 Å². The summed E-state index contributed by atoms with van der Waals surface area (Å²) in [6.45, 7) is 43.2. The van der Waals surface area contributed by atoms with Gasteiger partial charge in [-0.25, -0.2) is 49.8 Å². The van der Waals surface area contributed by atoms with Gasteiger partial charge in [0.25, 0.3) is 0 Å². The van der Waals surface area contributed by atoms with Crippen molar-refractivity contribution in [3.05, 3.63) is 45.0 Å². The predicted octanol–water partition coefficient (Wildman–Crippen LogP) is 14.5. The average Bonchev–Trinajstić information content (AvgIpc) is 3.93. The molecule has 0 saturated heterocycles. The Hall–Kier alpha value is -4.64. The van der Waals surface area contributed by atoms with E-state index >= 15 is 0 Å². The van der Waals surface area contributed by atoms with E-state index in [0.29, 0.717) is 45.9 Å². The van der Waals surface area contributed by atoms with Gasteiger partial charge < -0.3 is 9.97 Å². The molecule has 354 valence electrons. The van der Waals surface area contributed by atoms with Gasteiger partial charge in [0, 0.05) is 63.7 Å². The van der Waals surface area contributed by atoms with Crippen molar-refractivity contribution in [3.63, 3.8) is 0 Å². The van der Waals surface area contributed by atoms with Crippen molar-refractivity contribution in [3.8, 4) is 45.6 Å². The highest BCUT2D eigenvalue weighted by atomic mass is 32.2. The van der Waals surface area contributed by atoms with Gasteiger partial charge >= 0.3 is 0 Å². The van der Waals surface area contributed by atoms with Crippen molar-refractivity contribution in [2.24, 2.45) is 0 Å². The topological polar surface area (TPSA) is 160 Å². The zero-order valence-corrected chi connectivity index (χ0v) is 46.4. The first-order valence-corrected chi connectivity index (χ1v) is 26.4. The molecule has 9 heterocycles. The molecule has 68 heavy (non-hydrogen) atoms. The Kier molecular flexibility index (Phi) is 11.7. The molecular formula is C52H62N12S4. The molecule has 12 nitrogen and oxygen atoms in total. The lowest BCUT2D eigenvalue weighted by Crippen LogP contribution is -2.09. The molecular weight excluding hydrogens is 921 g/mol. The maximum Gasteiger partial charge on any atom is 0.167 e. The molecule has 2 N–H and O–H groups in total. The Morgan fingerprint density at radius 1 is 0.279 bits per heavy atom. The summed E-state index contributed by atoms with van der Waals surface area (Å²) in [6, 6.07) is 0. The molecule has 2 aliphatic heterocycles. The maximum atomic E-state index is 5.57. The maximum absolute atomic E-state index is 5.57. The zero-order valence-electron chi connectivity index (χ0n) is 43.1. The molecule has 0 aliphatic carbocycles. The van der Waals surface area contributed by atoms with Crippen LogP contribution in [0.1, 0.15) is 128 Å². The molecule has 0 spiro atoms. The molecule has 0 atom stereocenters. The summed E-state index contributed by atoms with van der Waals surface area (Å²) in [5.74, 6) is 2.14. The second kappa shape index (κ2) is 16.5. The van der Waals surface area contributed by atoms with E-state index in [0.717, 1.165) is 109 Å². The minimum absolute atomic E-state index is 0.160. The molecule has 7 aromatic rings. The van der Waals surface area contributed by atoms with Gasteiger partial charge in [0.05, 0.1) is 21.9 Å². The molecule has 0 aromatic carbocycles. The Morgan fingerprint density at radius 2 is 0.529 bits per heavy atom. The number of hydrogen-bond acceptors (Lipinski definition) is 14. The third-order valence-corrected chi connectivity index (χ3v) is 16.2. The van der Waals surface area contributed by atoms with Gasteiger partial charge in [0.15, 0.2) is 23.3 Å². The second-order valence-electron chi connectivity index (χ2n) is 22.0. The summed E-state index contributed by atoms with van der Waals surface area (Å²) in [7, 11) is 0. The van der Waals surface area contributed by atoms with Gasteiger partial charge in [0.1, 0.15) is 42.7 Å². The van der Waals surface area contributed by atoms with Crippen LogP contribution in [0.4, 0.5) is 0 Å². The smallest absolute Gasteiger partial charge is 0.167 e. The minimum Gasteiger partial charge on any atom is -0.324 e. The fourth-order valence-corrected chi connectivity index (χ4v) is 12.8. The van der Waals surface area contributed by atoms with Crippen molar-refractivity contribution in [2.45, 2.75) is 178 Å². The SMILES string of the molecule is Cc1nc(SC(C)(C)C)c2c(c1C)-c1nc-2nc2[nH]c(nc3nc(nc4[nH]c(n1)c1c(SC(C)(C)C)nc(C)c(C)c41)-c1c(SC(C)(C)C)nc(C)c(C)c1-3)c1c(SC(C)(C)C)nc(C)c(C)c21. The third kappa shape index (κ3) is 8.80. The fraction of sp³-hybridized carbons (Fsp3) is 0.462. The van der Waals surface area contributed by atoms with E-state index in [4.69, 9.17) is 49.8 Å². The second-order valence-corrected chi connectivity index (χ2v) is 29.2. The van der Waals surface area contributed by atoms with Crippen LogP contribution in [0, 0.1) is 55.4 Å². The van der Waals surface area contributed by atoms with Crippen molar-refractivity contribution in [1.82, 2.24) is 59.8 Å². The molecule has 2 aliphatic rings. The number of rotatable bonds is 4. The summed E-state index contributed by atoms with van der Waals surface area (Å²) in [4.78, 5) is 61.7. The highest BCUT2D eigenvalue weighted by molar-refractivity contribution is 8.01. The van der Waals surface area contributed by atoms with Crippen LogP contribution >= 0.6 is 47.0 Å². The molecule has 0 fully saturated rings. The van der Waals surface area contributed by atoms with Crippen molar-refractivity contribution in [2.75, 3.05) is 0 Å². The fourth-order valence-electron chi connectivity index (χ4n) is 8.51. The standard InChI is InChI=1S/C52H62N12S4/c1-21-25(5)53-45(65-49(9,10)11)33-29(21)37-57-41(33)62-38-31-23(3)27(7)55-47(67-51(15,16)17)35(31)43(59-38)64-40-32-24(4)28(8)56-48(68-52(18,19)20)36(32)44(60-40)63-39-30-22(2)26(6)54-46(66-50(12,13)14)34(30)42(58-39)61-37/h1-20H3,(H2,57,58,59,60,61,62,63,64). The normalized spacial score (nSPS) is 13.2. The molecule has 0 amide bonds. The van der Waals surface area contributed by atoms with Crippen molar-refractivity contribution < 1.29 is 0 Å². The van der Waals surface area contributed by atoms with Crippen LogP contribution in [0.25, 0.3) is 89.7 Å². The van der Waals surface area contributed by atoms with E-state index in [1.807, 2.05) is 0 Å².